The lowest BCUT2D eigenvalue weighted by molar-refractivity contribution is -0.0196. The molecular weight excluding hydrogens is 214 g/mol. The molecule has 0 aliphatic rings. The third-order valence-electron chi connectivity index (χ3n) is 2.50. The smallest absolute Gasteiger partial charge is 0.129 e. The van der Waals surface area contributed by atoms with E-state index in [2.05, 4.69) is 0 Å². The van der Waals surface area contributed by atoms with E-state index in [-0.39, 0.29) is 5.56 Å². The summed E-state index contributed by atoms with van der Waals surface area (Å²) in [6.07, 6.45) is -0.262. The van der Waals surface area contributed by atoms with E-state index in [9.17, 15) is 13.9 Å². The molecule has 1 rings (SSSR count). The fourth-order valence-corrected chi connectivity index (χ4v) is 1.63. The normalized spacial score (nSPS) is 14.8. The van der Waals surface area contributed by atoms with Crippen LogP contribution in [0.3, 0.4) is 0 Å². The Morgan fingerprint density at radius 2 is 2.06 bits per heavy atom. The van der Waals surface area contributed by atoms with Crippen LogP contribution in [0.4, 0.5) is 8.78 Å². The first-order valence-electron chi connectivity index (χ1n) is 5.26. The molecule has 1 aromatic carbocycles. The van der Waals surface area contributed by atoms with Crippen molar-refractivity contribution in [3.05, 3.63) is 35.4 Å². The van der Waals surface area contributed by atoms with E-state index in [1.807, 2.05) is 6.92 Å². The van der Waals surface area contributed by atoms with Gasteiger partial charge in [-0.25, -0.2) is 8.78 Å². The minimum absolute atomic E-state index is 0.0553. The van der Waals surface area contributed by atoms with Crippen LogP contribution < -0.4 is 0 Å². The van der Waals surface area contributed by atoms with E-state index in [4.69, 9.17) is 4.74 Å². The fraction of sp³-hybridized carbons (Fsp3) is 0.500. The summed E-state index contributed by atoms with van der Waals surface area (Å²) in [6, 6.07) is 3.03. The average molecular weight is 230 g/mol. The summed E-state index contributed by atoms with van der Waals surface area (Å²) < 4.78 is 31.4. The number of rotatable bonds is 5. The van der Waals surface area contributed by atoms with Crippen LogP contribution in [0.2, 0.25) is 0 Å². The van der Waals surface area contributed by atoms with Gasteiger partial charge in [-0.2, -0.15) is 0 Å². The third kappa shape index (κ3) is 3.00. The first-order valence-corrected chi connectivity index (χ1v) is 5.26. The van der Waals surface area contributed by atoms with Crippen LogP contribution in [0.1, 0.15) is 31.4 Å². The maximum atomic E-state index is 13.4. The topological polar surface area (TPSA) is 29.5 Å². The number of methoxy groups -OCH3 is 1. The monoisotopic (exact) mass is 230 g/mol. The molecule has 1 N–H and O–H groups in total. The second-order valence-electron chi connectivity index (χ2n) is 3.67. The van der Waals surface area contributed by atoms with Gasteiger partial charge >= 0.3 is 0 Å². The van der Waals surface area contributed by atoms with Gasteiger partial charge in [-0.05, 0) is 24.6 Å². The molecule has 16 heavy (non-hydrogen) atoms. The summed E-state index contributed by atoms with van der Waals surface area (Å²) in [5.74, 6) is -1.19. The summed E-state index contributed by atoms with van der Waals surface area (Å²) in [4.78, 5) is 0. The molecule has 0 aliphatic heterocycles. The van der Waals surface area contributed by atoms with Crippen molar-refractivity contribution in [2.24, 2.45) is 0 Å². The van der Waals surface area contributed by atoms with Crippen LogP contribution in [0.5, 0.6) is 0 Å². The minimum Gasteiger partial charge on any atom is -0.386 e. The summed E-state index contributed by atoms with van der Waals surface area (Å²) in [5, 5.41) is 9.89. The van der Waals surface area contributed by atoms with Crippen LogP contribution in [-0.2, 0) is 4.74 Å². The number of ether oxygens (including phenoxy) is 1. The standard InChI is InChI=1S/C12H16F2O2/c1-3-4-11(16-2)12(15)9-7-8(13)5-6-10(9)14/h5-7,11-12,15H,3-4H2,1-2H3. The van der Waals surface area contributed by atoms with Gasteiger partial charge in [0.1, 0.15) is 17.7 Å². The predicted octanol–water partition coefficient (Wildman–Crippen LogP) is 2.81. The molecule has 1 aromatic rings. The number of benzene rings is 1. The lowest BCUT2D eigenvalue weighted by atomic mass is 10.0. The van der Waals surface area contributed by atoms with Gasteiger partial charge in [0.05, 0.1) is 6.10 Å². The number of hydrogen-bond donors (Lipinski definition) is 1. The number of hydrogen-bond acceptors (Lipinski definition) is 2. The molecule has 0 spiro atoms. The molecule has 2 nitrogen and oxygen atoms in total. The molecule has 2 unspecified atom stereocenters. The molecule has 0 fully saturated rings. The molecule has 4 heteroatoms. The third-order valence-corrected chi connectivity index (χ3v) is 2.50. The summed E-state index contributed by atoms with van der Waals surface area (Å²) >= 11 is 0. The van der Waals surface area contributed by atoms with Gasteiger partial charge in [0.25, 0.3) is 0 Å². The summed E-state index contributed by atoms with van der Waals surface area (Å²) in [5.41, 5.74) is -0.0553. The average Bonchev–Trinajstić information content (AvgIpc) is 2.28. The zero-order chi connectivity index (χ0) is 12.1. The number of aliphatic hydroxyl groups excluding tert-OH is 1. The molecule has 0 bridgehead atoms. The maximum Gasteiger partial charge on any atom is 0.129 e. The Morgan fingerprint density at radius 3 is 2.62 bits per heavy atom. The Bertz CT molecular complexity index is 342. The summed E-state index contributed by atoms with van der Waals surface area (Å²) in [7, 11) is 1.45. The lowest BCUT2D eigenvalue weighted by Crippen LogP contribution is -2.21. The molecule has 90 valence electrons. The minimum atomic E-state index is -1.14. The van der Waals surface area contributed by atoms with Crippen LogP contribution >= 0.6 is 0 Å². The van der Waals surface area contributed by atoms with Gasteiger partial charge in [-0.15, -0.1) is 0 Å². The zero-order valence-corrected chi connectivity index (χ0v) is 9.41. The van der Waals surface area contributed by atoms with Crippen molar-refractivity contribution < 1.29 is 18.6 Å². The number of halogens is 2. The van der Waals surface area contributed by atoms with E-state index < -0.39 is 23.8 Å². The maximum absolute atomic E-state index is 13.4. The van der Waals surface area contributed by atoms with E-state index in [1.165, 1.54) is 7.11 Å². The SMILES string of the molecule is CCCC(OC)C(O)c1cc(F)ccc1F. The van der Waals surface area contributed by atoms with Crippen molar-refractivity contribution in [3.63, 3.8) is 0 Å². The molecule has 0 aliphatic carbocycles. The highest BCUT2D eigenvalue weighted by atomic mass is 19.1. The molecule has 0 aromatic heterocycles. The molecule has 0 saturated heterocycles. The molecule has 2 atom stereocenters. The second kappa shape index (κ2) is 5.92. The Morgan fingerprint density at radius 1 is 1.38 bits per heavy atom. The lowest BCUT2D eigenvalue weighted by Gasteiger charge is -2.21. The highest BCUT2D eigenvalue weighted by Gasteiger charge is 2.23. The van der Waals surface area contributed by atoms with Crippen LogP contribution in [0.25, 0.3) is 0 Å². The molecule has 0 heterocycles. The van der Waals surface area contributed by atoms with Crippen molar-refractivity contribution >= 4 is 0 Å². The van der Waals surface area contributed by atoms with Gasteiger partial charge in [0, 0.05) is 12.7 Å². The predicted molar refractivity (Wildman–Crippen MR) is 57.0 cm³/mol. The number of aliphatic hydroxyl groups is 1. The van der Waals surface area contributed by atoms with Gasteiger partial charge < -0.3 is 9.84 Å². The highest BCUT2D eigenvalue weighted by Crippen LogP contribution is 2.25. The quantitative estimate of drug-likeness (QED) is 0.842. The fourth-order valence-electron chi connectivity index (χ4n) is 1.63. The zero-order valence-electron chi connectivity index (χ0n) is 9.41. The van der Waals surface area contributed by atoms with Gasteiger partial charge in [-0.1, -0.05) is 13.3 Å². The highest BCUT2D eigenvalue weighted by molar-refractivity contribution is 5.22. The Labute approximate surface area is 93.9 Å². The van der Waals surface area contributed by atoms with E-state index in [0.717, 1.165) is 24.6 Å². The molecule has 0 radical (unpaired) electrons. The first-order chi connectivity index (χ1) is 7.60. The Balaban J connectivity index is 2.93. The van der Waals surface area contributed by atoms with Crippen LogP contribution in [-0.4, -0.2) is 18.3 Å². The molecular formula is C12H16F2O2. The largest absolute Gasteiger partial charge is 0.386 e. The van der Waals surface area contributed by atoms with Crippen molar-refractivity contribution in [2.75, 3.05) is 7.11 Å². The van der Waals surface area contributed by atoms with Gasteiger partial charge in [0.15, 0.2) is 0 Å². The van der Waals surface area contributed by atoms with Crippen molar-refractivity contribution in [3.8, 4) is 0 Å². The van der Waals surface area contributed by atoms with Crippen molar-refractivity contribution in [1.29, 1.82) is 0 Å². The van der Waals surface area contributed by atoms with Gasteiger partial charge in [-0.3, -0.25) is 0 Å². The second-order valence-corrected chi connectivity index (χ2v) is 3.67. The van der Waals surface area contributed by atoms with Crippen LogP contribution in [0.15, 0.2) is 18.2 Å². The van der Waals surface area contributed by atoms with E-state index >= 15 is 0 Å². The molecule has 0 amide bonds. The first kappa shape index (κ1) is 13.1. The van der Waals surface area contributed by atoms with Gasteiger partial charge in [0.2, 0.25) is 0 Å². The van der Waals surface area contributed by atoms with Crippen molar-refractivity contribution in [2.45, 2.75) is 32.0 Å². The Kier molecular flexibility index (Phi) is 4.83. The van der Waals surface area contributed by atoms with Crippen LogP contribution in [0, 0.1) is 11.6 Å². The molecule has 0 saturated carbocycles. The van der Waals surface area contributed by atoms with E-state index in [1.54, 1.807) is 0 Å². The Hall–Kier alpha value is -1.00. The van der Waals surface area contributed by atoms with Crippen molar-refractivity contribution in [1.82, 2.24) is 0 Å². The summed E-state index contributed by atoms with van der Waals surface area (Å²) in [6.45, 7) is 1.93. The van der Waals surface area contributed by atoms with E-state index in [0.29, 0.717) is 6.42 Å².